The van der Waals surface area contributed by atoms with Crippen LogP contribution in [0.4, 0.5) is 0 Å². The minimum atomic E-state index is -1.03. The fourth-order valence-electron chi connectivity index (χ4n) is 6.10. The second-order valence-electron chi connectivity index (χ2n) is 10.2. The first kappa shape index (κ1) is 21.4. The molecule has 2 saturated carbocycles. The van der Waals surface area contributed by atoms with Crippen molar-refractivity contribution in [1.29, 1.82) is 0 Å². The van der Waals surface area contributed by atoms with Crippen LogP contribution >= 0.6 is 0 Å². The highest BCUT2D eigenvalue weighted by Crippen LogP contribution is 2.62. The molecule has 2 aromatic rings. The lowest BCUT2D eigenvalue weighted by Crippen LogP contribution is -2.52. The second-order valence-corrected chi connectivity index (χ2v) is 10.2. The minimum absolute atomic E-state index is 0.0603. The van der Waals surface area contributed by atoms with Crippen molar-refractivity contribution in [3.05, 3.63) is 47.0 Å². The lowest BCUT2D eigenvalue weighted by molar-refractivity contribution is -0.138. The van der Waals surface area contributed by atoms with E-state index in [0.717, 1.165) is 43.2 Å². The van der Waals surface area contributed by atoms with E-state index in [2.05, 4.69) is 40.2 Å². The van der Waals surface area contributed by atoms with Gasteiger partial charge in [-0.2, -0.15) is 0 Å². The van der Waals surface area contributed by atoms with Gasteiger partial charge in [0.2, 0.25) is 0 Å². The maximum absolute atomic E-state index is 14.4. The van der Waals surface area contributed by atoms with E-state index >= 15 is 0 Å². The molecule has 1 atom stereocenters. The molecule has 0 radical (unpaired) electrons. The van der Waals surface area contributed by atoms with Gasteiger partial charge in [-0.1, -0.05) is 17.9 Å². The maximum atomic E-state index is 14.4. The highest BCUT2D eigenvalue weighted by Gasteiger charge is 2.66. The zero-order chi connectivity index (χ0) is 23.5. The summed E-state index contributed by atoms with van der Waals surface area (Å²) in [6, 6.07) is 6.34. The number of nitrogens with two attached hydrogens (primary N) is 1. The van der Waals surface area contributed by atoms with Crippen molar-refractivity contribution in [3.8, 4) is 11.8 Å². The Bertz CT molecular complexity index is 1240. The molecule has 8 nitrogen and oxygen atoms in total. The summed E-state index contributed by atoms with van der Waals surface area (Å²) in [5.41, 5.74) is 8.23. The average Bonchev–Trinajstić information content (AvgIpc) is 3.47. The number of methoxy groups -OCH3 is 1. The van der Waals surface area contributed by atoms with Gasteiger partial charge < -0.3 is 15.0 Å². The molecule has 1 aromatic heterocycles. The summed E-state index contributed by atoms with van der Waals surface area (Å²) >= 11 is 0. The van der Waals surface area contributed by atoms with Gasteiger partial charge >= 0.3 is 0 Å². The van der Waals surface area contributed by atoms with Crippen LogP contribution < -0.4 is 5.73 Å². The van der Waals surface area contributed by atoms with Gasteiger partial charge in [0.1, 0.15) is 6.33 Å². The number of nitrogens with zero attached hydrogens (tertiary/aromatic N) is 5. The van der Waals surface area contributed by atoms with Crippen LogP contribution in [0.2, 0.25) is 0 Å². The van der Waals surface area contributed by atoms with Crippen molar-refractivity contribution in [2.75, 3.05) is 7.11 Å². The zero-order valence-electron chi connectivity index (χ0n) is 19.8. The number of ether oxygens (including phenoxy) is 1. The van der Waals surface area contributed by atoms with E-state index < -0.39 is 5.54 Å². The summed E-state index contributed by atoms with van der Waals surface area (Å²) in [6.07, 6.45) is 8.58. The van der Waals surface area contributed by atoms with Crippen molar-refractivity contribution in [1.82, 2.24) is 19.7 Å². The predicted molar refractivity (Wildman–Crippen MR) is 126 cm³/mol. The quantitative estimate of drug-likeness (QED) is 0.712. The lowest BCUT2D eigenvalue weighted by atomic mass is 9.61. The predicted octanol–water partition coefficient (Wildman–Crippen LogP) is 2.26. The molecule has 3 aliphatic carbocycles. The summed E-state index contributed by atoms with van der Waals surface area (Å²) in [6.45, 7) is 0.250. The van der Waals surface area contributed by atoms with Crippen LogP contribution in [0.3, 0.4) is 0 Å². The first-order valence-electron chi connectivity index (χ1n) is 12.1. The normalized spacial score (nSPS) is 29.9. The third kappa shape index (κ3) is 3.10. The van der Waals surface area contributed by atoms with E-state index in [1.165, 1.54) is 18.4 Å². The number of fused-ring (bicyclic) bond motifs is 3. The Morgan fingerprint density at radius 1 is 1.24 bits per heavy atom. The van der Waals surface area contributed by atoms with Gasteiger partial charge in [0.25, 0.3) is 5.91 Å². The number of amides is 1. The fraction of sp³-hybridized carbons (Fsp3) is 0.538. The Balaban J connectivity index is 1.44. The van der Waals surface area contributed by atoms with E-state index in [1.807, 2.05) is 7.05 Å². The Kier molecular flexibility index (Phi) is 4.82. The molecule has 2 spiro atoms. The number of benzene rings is 1. The molecule has 0 bridgehead atoms. The number of carbonyl (C=O) groups is 1. The van der Waals surface area contributed by atoms with Crippen LogP contribution in [0.15, 0.2) is 29.5 Å². The lowest BCUT2D eigenvalue weighted by Gasteiger charge is -2.45. The molecule has 2 N–H and O–H groups in total. The number of aliphatic imine (C=N–C) groups is 1. The molecule has 1 aliphatic heterocycles. The SMILES string of the molecule is COC1CCC2(CC1)Cc1ccc(C#CC3CC3)cc1C21N=C(N)N(Cc2nncn2C)C1=O. The molecule has 8 heteroatoms. The van der Waals surface area contributed by atoms with Crippen LogP contribution in [-0.2, 0) is 35.1 Å². The molecular formula is C26H30N6O2. The van der Waals surface area contributed by atoms with Crippen LogP contribution in [0, 0.1) is 23.2 Å². The highest BCUT2D eigenvalue weighted by atomic mass is 16.5. The van der Waals surface area contributed by atoms with E-state index in [-0.39, 0.29) is 29.9 Å². The molecule has 2 heterocycles. The molecular weight excluding hydrogens is 428 g/mol. The zero-order valence-corrected chi connectivity index (χ0v) is 19.8. The van der Waals surface area contributed by atoms with Gasteiger partial charge in [-0.15, -0.1) is 10.2 Å². The number of hydrogen-bond acceptors (Lipinski definition) is 6. The van der Waals surface area contributed by atoms with Crippen LogP contribution in [0.5, 0.6) is 0 Å². The average molecular weight is 459 g/mol. The van der Waals surface area contributed by atoms with E-state index in [4.69, 9.17) is 15.5 Å². The van der Waals surface area contributed by atoms with Crippen molar-refractivity contribution >= 4 is 11.9 Å². The van der Waals surface area contributed by atoms with Gasteiger partial charge in [0.05, 0.1) is 12.6 Å². The van der Waals surface area contributed by atoms with Gasteiger partial charge in [0, 0.05) is 31.1 Å². The molecule has 2 fully saturated rings. The molecule has 4 aliphatic rings. The minimum Gasteiger partial charge on any atom is -0.381 e. The number of aryl methyl sites for hydroxylation is 1. The topological polar surface area (TPSA) is 98.6 Å². The second kappa shape index (κ2) is 7.67. The number of guanidine groups is 1. The fourth-order valence-corrected chi connectivity index (χ4v) is 6.10. The summed E-state index contributed by atoms with van der Waals surface area (Å²) in [7, 11) is 3.63. The van der Waals surface area contributed by atoms with Crippen molar-refractivity contribution < 1.29 is 9.53 Å². The number of aromatic nitrogens is 3. The molecule has 0 saturated heterocycles. The third-order valence-electron chi connectivity index (χ3n) is 8.24. The standard InChI is InChI=1S/C26H30N6O2/c1-31-16-28-30-22(31)15-32-23(33)26(29-24(32)27)21-13-18(6-5-17-3-4-17)7-8-19(21)14-25(26)11-9-20(34-2)10-12-25/h7-8,13,16-17,20H,3-4,9-12,14-15H2,1-2H3,(H2,27,29). The van der Waals surface area contributed by atoms with E-state index in [9.17, 15) is 4.79 Å². The van der Waals surface area contributed by atoms with Crippen molar-refractivity contribution in [3.63, 3.8) is 0 Å². The Hall–Kier alpha value is -3.18. The first-order valence-corrected chi connectivity index (χ1v) is 12.1. The molecule has 1 aromatic carbocycles. The smallest absolute Gasteiger partial charge is 0.262 e. The molecule has 1 amide bonds. The van der Waals surface area contributed by atoms with Crippen LogP contribution in [0.1, 0.15) is 61.0 Å². The van der Waals surface area contributed by atoms with Crippen molar-refractivity contribution in [2.24, 2.45) is 29.1 Å². The Morgan fingerprint density at radius 3 is 2.71 bits per heavy atom. The largest absolute Gasteiger partial charge is 0.381 e. The summed E-state index contributed by atoms with van der Waals surface area (Å²) < 4.78 is 7.47. The van der Waals surface area contributed by atoms with Crippen molar-refractivity contribution in [2.45, 2.75) is 63.1 Å². The van der Waals surface area contributed by atoms with Gasteiger partial charge in [-0.3, -0.25) is 9.69 Å². The highest BCUT2D eigenvalue weighted by molar-refractivity contribution is 6.08. The summed E-state index contributed by atoms with van der Waals surface area (Å²) in [5, 5.41) is 8.12. The Labute approximate surface area is 199 Å². The third-order valence-corrected chi connectivity index (χ3v) is 8.24. The van der Waals surface area contributed by atoms with Crippen LogP contribution in [0.25, 0.3) is 0 Å². The summed E-state index contributed by atoms with van der Waals surface area (Å²) in [5.74, 6) is 8.06. The van der Waals surface area contributed by atoms with Gasteiger partial charge in [0.15, 0.2) is 17.3 Å². The number of hydrogen-bond donors (Lipinski definition) is 1. The molecule has 34 heavy (non-hydrogen) atoms. The van der Waals surface area contributed by atoms with Gasteiger partial charge in [-0.25, -0.2) is 4.99 Å². The summed E-state index contributed by atoms with van der Waals surface area (Å²) in [4.78, 5) is 21.0. The Morgan fingerprint density at radius 2 is 2.03 bits per heavy atom. The number of rotatable bonds is 3. The van der Waals surface area contributed by atoms with E-state index in [1.54, 1.807) is 22.9 Å². The van der Waals surface area contributed by atoms with Gasteiger partial charge in [-0.05, 0) is 68.2 Å². The first-order chi connectivity index (χ1) is 16.5. The van der Waals surface area contributed by atoms with E-state index in [0.29, 0.717) is 11.7 Å². The molecule has 176 valence electrons. The van der Waals surface area contributed by atoms with Crippen LogP contribution in [-0.4, -0.2) is 44.7 Å². The monoisotopic (exact) mass is 458 g/mol. The number of carbonyl (C=O) groups excluding carboxylic acids is 1. The maximum Gasteiger partial charge on any atom is 0.262 e. The molecule has 1 unspecified atom stereocenters. The molecule has 6 rings (SSSR count).